The van der Waals surface area contributed by atoms with Crippen LogP contribution in [-0.4, -0.2) is 12.8 Å². The highest BCUT2D eigenvalue weighted by Gasteiger charge is 1.99. The number of nitrogens with zero attached hydrogens (tertiary/aromatic N) is 1. The summed E-state index contributed by atoms with van der Waals surface area (Å²) in [5, 5.41) is 9.88. The lowest BCUT2D eigenvalue weighted by molar-refractivity contribution is 0.783. The summed E-state index contributed by atoms with van der Waals surface area (Å²) in [6, 6.07) is 16.6. The summed E-state index contributed by atoms with van der Waals surface area (Å²) >= 11 is 0. The van der Waals surface area contributed by atoms with E-state index in [0.717, 1.165) is 41.3 Å². The van der Waals surface area contributed by atoms with Gasteiger partial charge in [0, 0.05) is 35.5 Å². The molecule has 0 fully saturated rings. The van der Waals surface area contributed by atoms with E-state index in [4.69, 9.17) is 0 Å². The average molecular weight is 389 g/mol. The number of hydrogen-bond acceptors (Lipinski definition) is 4. The van der Waals surface area contributed by atoms with Gasteiger partial charge in [0.15, 0.2) is 0 Å². The third-order valence-corrected chi connectivity index (χ3v) is 4.44. The molecule has 0 unspecified atom stereocenters. The molecule has 3 N–H and O–H groups in total. The number of hydrogen-bond donors (Lipinski definition) is 3. The van der Waals surface area contributed by atoms with E-state index in [1.54, 1.807) is 0 Å². The van der Waals surface area contributed by atoms with Gasteiger partial charge in [0.25, 0.3) is 0 Å². The topological polar surface area (TPSA) is 48.5 Å². The maximum absolute atomic E-state index is 4.44. The minimum atomic E-state index is 0.587. The normalized spacial score (nSPS) is 11.7. The molecule has 0 heterocycles. The van der Waals surface area contributed by atoms with Crippen LogP contribution in [0, 0.1) is 6.92 Å². The standard InChI is InChI=1S/C25H32N4/c1-18(2)28-24-8-7-9-25(16-24)29-22(6)27-17-20(4)21(5)26-15-14-23-12-10-19(3)11-13-23/h7-13,16-17,26,28-29H,1,6,14-15H2,2-5H3/b21-20+,27-17-. The largest absolute Gasteiger partial charge is 0.388 e. The van der Waals surface area contributed by atoms with Crippen LogP contribution in [0.2, 0.25) is 0 Å². The molecule has 0 spiro atoms. The fraction of sp³-hybridized carbons (Fsp3) is 0.240. The molecule has 2 aromatic carbocycles. The lowest BCUT2D eigenvalue weighted by atomic mass is 10.1. The summed E-state index contributed by atoms with van der Waals surface area (Å²) in [6.07, 6.45) is 2.82. The van der Waals surface area contributed by atoms with Gasteiger partial charge in [-0.2, -0.15) is 0 Å². The Morgan fingerprint density at radius 3 is 2.28 bits per heavy atom. The van der Waals surface area contributed by atoms with Crippen molar-refractivity contribution in [3.63, 3.8) is 0 Å². The van der Waals surface area contributed by atoms with Gasteiger partial charge in [-0.15, -0.1) is 0 Å². The first-order valence-electron chi connectivity index (χ1n) is 9.83. The van der Waals surface area contributed by atoms with Crippen LogP contribution < -0.4 is 16.0 Å². The van der Waals surface area contributed by atoms with Gasteiger partial charge in [0.1, 0.15) is 5.82 Å². The molecule has 2 rings (SSSR count). The zero-order valence-electron chi connectivity index (χ0n) is 18.0. The number of aliphatic imine (C=N–C) groups is 1. The fourth-order valence-corrected chi connectivity index (χ4v) is 2.68. The molecule has 4 heteroatoms. The molecule has 0 amide bonds. The highest BCUT2D eigenvalue weighted by Crippen LogP contribution is 2.17. The Morgan fingerprint density at radius 2 is 1.62 bits per heavy atom. The molecular formula is C25H32N4. The lowest BCUT2D eigenvalue weighted by Gasteiger charge is -2.10. The molecular weight excluding hydrogens is 356 g/mol. The predicted octanol–water partition coefficient (Wildman–Crippen LogP) is 6.02. The monoisotopic (exact) mass is 388 g/mol. The summed E-state index contributed by atoms with van der Waals surface area (Å²) in [5.41, 5.74) is 7.61. The molecule has 0 bridgehead atoms. The number of nitrogens with one attached hydrogen (secondary N) is 3. The van der Waals surface area contributed by atoms with Gasteiger partial charge in [0.05, 0.1) is 0 Å². The van der Waals surface area contributed by atoms with Gasteiger partial charge >= 0.3 is 0 Å². The predicted molar refractivity (Wildman–Crippen MR) is 127 cm³/mol. The lowest BCUT2D eigenvalue weighted by Crippen LogP contribution is -2.16. The molecule has 0 aliphatic carbocycles. The molecule has 0 aromatic heterocycles. The Labute approximate surface area is 175 Å². The van der Waals surface area contributed by atoms with Crippen molar-refractivity contribution in [3.05, 3.63) is 95.6 Å². The fourth-order valence-electron chi connectivity index (χ4n) is 2.68. The van der Waals surface area contributed by atoms with E-state index in [2.05, 4.69) is 72.2 Å². The van der Waals surface area contributed by atoms with Crippen LogP contribution in [0.1, 0.15) is 31.9 Å². The zero-order chi connectivity index (χ0) is 21.2. The highest BCUT2D eigenvalue weighted by molar-refractivity contribution is 5.79. The van der Waals surface area contributed by atoms with Crippen molar-refractivity contribution in [1.82, 2.24) is 5.32 Å². The number of aryl methyl sites for hydroxylation is 1. The summed E-state index contributed by atoms with van der Waals surface area (Å²) in [5.74, 6) is 0.587. The number of allylic oxidation sites excluding steroid dienone is 3. The van der Waals surface area contributed by atoms with Crippen LogP contribution in [-0.2, 0) is 6.42 Å². The van der Waals surface area contributed by atoms with Crippen LogP contribution >= 0.6 is 0 Å². The molecule has 2 aromatic rings. The summed E-state index contributed by atoms with van der Waals surface area (Å²) in [7, 11) is 0. The minimum absolute atomic E-state index is 0.587. The Morgan fingerprint density at radius 1 is 0.966 bits per heavy atom. The molecule has 29 heavy (non-hydrogen) atoms. The van der Waals surface area contributed by atoms with Gasteiger partial charge in [-0.3, -0.25) is 0 Å². The van der Waals surface area contributed by atoms with E-state index in [-0.39, 0.29) is 0 Å². The SMILES string of the molecule is C=C(C)Nc1cccc(NC(=C)/N=C\C(C)=C(/C)NCCc2ccc(C)cc2)c1. The van der Waals surface area contributed by atoms with E-state index in [0.29, 0.717) is 5.82 Å². The third kappa shape index (κ3) is 8.09. The molecule has 0 aliphatic heterocycles. The maximum Gasteiger partial charge on any atom is 0.123 e. The highest BCUT2D eigenvalue weighted by atomic mass is 15.0. The second kappa shape index (κ2) is 10.9. The Kier molecular flexibility index (Phi) is 8.28. The first-order chi connectivity index (χ1) is 13.8. The molecule has 4 nitrogen and oxygen atoms in total. The first kappa shape index (κ1) is 22.0. The van der Waals surface area contributed by atoms with Crippen molar-refractivity contribution in [3.8, 4) is 0 Å². The Balaban J connectivity index is 1.85. The Hall–Kier alpha value is -3.27. The van der Waals surface area contributed by atoms with Crippen LogP contribution in [0.5, 0.6) is 0 Å². The summed E-state index contributed by atoms with van der Waals surface area (Å²) in [6.45, 7) is 16.9. The smallest absolute Gasteiger partial charge is 0.123 e. The number of rotatable bonds is 10. The third-order valence-electron chi connectivity index (χ3n) is 4.44. The Bertz CT molecular complexity index is 905. The van der Waals surface area contributed by atoms with E-state index in [1.165, 1.54) is 11.1 Å². The van der Waals surface area contributed by atoms with Crippen molar-refractivity contribution in [2.75, 3.05) is 17.2 Å². The van der Waals surface area contributed by atoms with E-state index < -0.39 is 0 Å². The average Bonchev–Trinajstić information content (AvgIpc) is 2.67. The zero-order valence-corrected chi connectivity index (χ0v) is 18.0. The van der Waals surface area contributed by atoms with E-state index in [9.17, 15) is 0 Å². The van der Waals surface area contributed by atoms with E-state index >= 15 is 0 Å². The first-order valence-corrected chi connectivity index (χ1v) is 9.83. The van der Waals surface area contributed by atoms with Crippen molar-refractivity contribution in [1.29, 1.82) is 0 Å². The van der Waals surface area contributed by atoms with Crippen LogP contribution in [0.15, 0.2) is 89.5 Å². The van der Waals surface area contributed by atoms with Gasteiger partial charge in [-0.05, 0) is 63.5 Å². The molecule has 0 atom stereocenters. The molecule has 0 aliphatic rings. The quantitative estimate of drug-likeness (QED) is 0.436. The number of benzene rings is 2. The summed E-state index contributed by atoms with van der Waals surface area (Å²) < 4.78 is 0. The van der Waals surface area contributed by atoms with Crippen molar-refractivity contribution < 1.29 is 0 Å². The van der Waals surface area contributed by atoms with Gasteiger partial charge < -0.3 is 16.0 Å². The molecule has 152 valence electrons. The van der Waals surface area contributed by atoms with Gasteiger partial charge in [0.2, 0.25) is 0 Å². The molecule has 0 radical (unpaired) electrons. The number of anilines is 2. The second-order valence-electron chi connectivity index (χ2n) is 7.29. The van der Waals surface area contributed by atoms with Gasteiger partial charge in [-0.1, -0.05) is 49.1 Å². The van der Waals surface area contributed by atoms with Gasteiger partial charge in [-0.25, -0.2) is 4.99 Å². The molecule has 0 saturated heterocycles. The summed E-state index contributed by atoms with van der Waals surface area (Å²) in [4.78, 5) is 4.44. The maximum atomic E-state index is 4.44. The second-order valence-corrected chi connectivity index (χ2v) is 7.29. The van der Waals surface area contributed by atoms with Crippen molar-refractivity contribution in [2.45, 2.75) is 34.1 Å². The van der Waals surface area contributed by atoms with Crippen molar-refractivity contribution >= 4 is 17.6 Å². The van der Waals surface area contributed by atoms with Crippen LogP contribution in [0.25, 0.3) is 0 Å². The van der Waals surface area contributed by atoms with Crippen molar-refractivity contribution in [2.24, 2.45) is 4.99 Å². The van der Waals surface area contributed by atoms with Crippen LogP contribution in [0.4, 0.5) is 11.4 Å². The van der Waals surface area contributed by atoms with E-state index in [1.807, 2.05) is 44.3 Å². The minimum Gasteiger partial charge on any atom is -0.388 e. The molecule has 0 saturated carbocycles. The van der Waals surface area contributed by atoms with Crippen LogP contribution in [0.3, 0.4) is 0 Å².